The van der Waals surface area contributed by atoms with Crippen molar-refractivity contribution in [3.63, 3.8) is 0 Å². The fraction of sp³-hybridized carbons (Fsp3) is 0.200. The number of aromatic nitrogens is 4. The van der Waals surface area contributed by atoms with E-state index in [2.05, 4.69) is 19.9 Å². The summed E-state index contributed by atoms with van der Waals surface area (Å²) in [5.41, 5.74) is 6.88. The van der Waals surface area contributed by atoms with E-state index in [1.54, 1.807) is 25.4 Å². The quantitative estimate of drug-likeness (QED) is 0.800. The van der Waals surface area contributed by atoms with E-state index < -0.39 is 0 Å². The van der Waals surface area contributed by atoms with Crippen LogP contribution in [0.1, 0.15) is 5.69 Å². The van der Waals surface area contributed by atoms with Crippen LogP contribution in [0.2, 0.25) is 0 Å². The van der Waals surface area contributed by atoms with E-state index in [4.69, 9.17) is 10.5 Å². The minimum absolute atomic E-state index is 0.373. The van der Waals surface area contributed by atoms with E-state index in [1.165, 1.54) is 6.33 Å². The van der Waals surface area contributed by atoms with E-state index in [9.17, 15) is 0 Å². The summed E-state index contributed by atoms with van der Waals surface area (Å²) < 4.78 is 5.00. The molecule has 0 fully saturated rings. The molecule has 0 spiro atoms. The predicted molar refractivity (Wildman–Crippen MR) is 57.5 cm³/mol. The maximum Gasteiger partial charge on any atom is 0.216 e. The SMILES string of the molecule is COc1cc(-c2nccc(CN)n2)ncn1. The number of methoxy groups -OCH3 is 1. The zero-order valence-corrected chi connectivity index (χ0v) is 8.79. The van der Waals surface area contributed by atoms with Crippen molar-refractivity contribution in [2.24, 2.45) is 5.73 Å². The fourth-order valence-electron chi connectivity index (χ4n) is 1.21. The van der Waals surface area contributed by atoms with Gasteiger partial charge in [0.15, 0.2) is 5.82 Å². The molecule has 0 saturated carbocycles. The Balaban J connectivity index is 2.41. The first-order valence-corrected chi connectivity index (χ1v) is 4.72. The molecule has 0 amide bonds. The summed E-state index contributed by atoms with van der Waals surface area (Å²) >= 11 is 0. The Bertz CT molecular complexity index is 443. The molecule has 2 heterocycles. The van der Waals surface area contributed by atoms with Gasteiger partial charge < -0.3 is 10.5 Å². The van der Waals surface area contributed by atoms with Crippen molar-refractivity contribution in [1.82, 2.24) is 19.9 Å². The summed E-state index contributed by atoms with van der Waals surface area (Å²) in [4.78, 5) is 16.4. The number of hydrogen-bond acceptors (Lipinski definition) is 6. The Labute approximate surface area is 92.6 Å². The minimum Gasteiger partial charge on any atom is -0.481 e. The van der Waals surface area contributed by atoms with E-state index in [0.29, 0.717) is 23.9 Å². The van der Waals surface area contributed by atoms with Crippen LogP contribution in [-0.4, -0.2) is 27.0 Å². The van der Waals surface area contributed by atoms with Gasteiger partial charge in [-0.25, -0.2) is 19.9 Å². The van der Waals surface area contributed by atoms with Crippen LogP contribution in [0, 0.1) is 0 Å². The fourth-order valence-corrected chi connectivity index (χ4v) is 1.21. The molecule has 2 aromatic rings. The van der Waals surface area contributed by atoms with E-state index >= 15 is 0 Å². The summed E-state index contributed by atoms with van der Waals surface area (Å²) in [6.07, 6.45) is 3.06. The van der Waals surface area contributed by atoms with Gasteiger partial charge in [0.25, 0.3) is 0 Å². The Morgan fingerprint density at radius 1 is 1.31 bits per heavy atom. The van der Waals surface area contributed by atoms with Gasteiger partial charge in [-0.1, -0.05) is 0 Å². The van der Waals surface area contributed by atoms with E-state index in [-0.39, 0.29) is 0 Å². The van der Waals surface area contributed by atoms with E-state index in [1.807, 2.05) is 0 Å². The summed E-state index contributed by atoms with van der Waals surface area (Å²) in [5, 5.41) is 0. The van der Waals surface area contributed by atoms with Crippen LogP contribution in [0.15, 0.2) is 24.7 Å². The van der Waals surface area contributed by atoms with Gasteiger partial charge in [-0.15, -0.1) is 0 Å². The molecule has 0 aromatic carbocycles. The molecule has 0 radical (unpaired) electrons. The number of hydrogen-bond donors (Lipinski definition) is 1. The molecule has 0 aliphatic heterocycles. The van der Waals surface area contributed by atoms with Crippen molar-refractivity contribution in [3.05, 3.63) is 30.4 Å². The Hall–Kier alpha value is -2.08. The molecule has 2 aromatic heterocycles. The largest absolute Gasteiger partial charge is 0.481 e. The molecule has 0 atom stereocenters. The Morgan fingerprint density at radius 3 is 2.94 bits per heavy atom. The smallest absolute Gasteiger partial charge is 0.216 e. The summed E-state index contributed by atoms with van der Waals surface area (Å²) in [6.45, 7) is 0.373. The zero-order chi connectivity index (χ0) is 11.4. The van der Waals surface area contributed by atoms with Gasteiger partial charge in [0.1, 0.15) is 12.0 Å². The number of nitrogens with zero attached hydrogens (tertiary/aromatic N) is 4. The van der Waals surface area contributed by atoms with Crippen molar-refractivity contribution in [2.45, 2.75) is 6.54 Å². The molecule has 16 heavy (non-hydrogen) atoms. The first-order valence-electron chi connectivity index (χ1n) is 4.72. The normalized spacial score (nSPS) is 10.1. The first kappa shape index (κ1) is 10.4. The van der Waals surface area contributed by atoms with Crippen molar-refractivity contribution in [2.75, 3.05) is 7.11 Å². The highest BCUT2D eigenvalue weighted by Gasteiger charge is 2.05. The van der Waals surface area contributed by atoms with Gasteiger partial charge in [-0.05, 0) is 6.07 Å². The van der Waals surface area contributed by atoms with Crippen molar-refractivity contribution in [3.8, 4) is 17.4 Å². The van der Waals surface area contributed by atoms with Crippen molar-refractivity contribution in [1.29, 1.82) is 0 Å². The van der Waals surface area contributed by atoms with Gasteiger partial charge in [-0.2, -0.15) is 0 Å². The van der Waals surface area contributed by atoms with Gasteiger partial charge in [-0.3, -0.25) is 0 Å². The molecule has 6 heteroatoms. The predicted octanol–water partition coefficient (Wildman–Crippen LogP) is 0.401. The molecular formula is C10H11N5O. The van der Waals surface area contributed by atoms with Crippen LogP contribution in [0.5, 0.6) is 5.88 Å². The molecule has 0 saturated heterocycles. The summed E-state index contributed by atoms with van der Waals surface area (Å²) in [6, 6.07) is 3.44. The van der Waals surface area contributed by atoms with Gasteiger partial charge >= 0.3 is 0 Å². The Morgan fingerprint density at radius 2 is 2.19 bits per heavy atom. The summed E-state index contributed by atoms with van der Waals surface area (Å²) in [7, 11) is 1.54. The van der Waals surface area contributed by atoms with Crippen LogP contribution in [0.4, 0.5) is 0 Å². The highest BCUT2D eigenvalue weighted by Crippen LogP contribution is 2.15. The van der Waals surface area contributed by atoms with Crippen LogP contribution in [0.25, 0.3) is 11.5 Å². The molecule has 0 unspecified atom stereocenters. The number of ether oxygens (including phenoxy) is 1. The second-order valence-corrected chi connectivity index (χ2v) is 3.02. The standard InChI is InChI=1S/C10H11N5O/c1-16-9-4-8(13-6-14-9)10-12-3-2-7(5-11)15-10/h2-4,6H,5,11H2,1H3. The lowest BCUT2D eigenvalue weighted by Gasteiger charge is -2.02. The molecule has 0 aliphatic rings. The van der Waals surface area contributed by atoms with Gasteiger partial charge in [0.2, 0.25) is 5.88 Å². The molecule has 0 bridgehead atoms. The first-order chi connectivity index (χ1) is 7.83. The lowest BCUT2D eigenvalue weighted by Crippen LogP contribution is -2.02. The van der Waals surface area contributed by atoms with Gasteiger partial charge in [0.05, 0.1) is 12.8 Å². The molecule has 0 aliphatic carbocycles. The Kier molecular flexibility index (Phi) is 3.02. The van der Waals surface area contributed by atoms with Crippen LogP contribution < -0.4 is 10.5 Å². The van der Waals surface area contributed by atoms with Gasteiger partial charge in [0, 0.05) is 18.8 Å². The summed E-state index contributed by atoms with van der Waals surface area (Å²) in [5.74, 6) is 0.996. The van der Waals surface area contributed by atoms with E-state index in [0.717, 1.165) is 5.69 Å². The second kappa shape index (κ2) is 4.63. The lowest BCUT2D eigenvalue weighted by atomic mass is 10.3. The van der Waals surface area contributed by atoms with Crippen LogP contribution >= 0.6 is 0 Å². The third kappa shape index (κ3) is 2.12. The van der Waals surface area contributed by atoms with Crippen LogP contribution in [-0.2, 0) is 6.54 Å². The van der Waals surface area contributed by atoms with Crippen molar-refractivity contribution < 1.29 is 4.74 Å². The third-order valence-electron chi connectivity index (χ3n) is 2.00. The average Bonchev–Trinajstić information content (AvgIpc) is 2.39. The topological polar surface area (TPSA) is 86.8 Å². The maximum absolute atomic E-state index is 5.51. The minimum atomic E-state index is 0.373. The van der Waals surface area contributed by atoms with Crippen LogP contribution in [0.3, 0.4) is 0 Å². The molecular weight excluding hydrogens is 206 g/mol. The monoisotopic (exact) mass is 217 g/mol. The second-order valence-electron chi connectivity index (χ2n) is 3.02. The third-order valence-corrected chi connectivity index (χ3v) is 2.00. The zero-order valence-electron chi connectivity index (χ0n) is 8.79. The molecule has 6 nitrogen and oxygen atoms in total. The number of nitrogens with two attached hydrogens (primary N) is 1. The maximum atomic E-state index is 5.51. The molecule has 82 valence electrons. The molecule has 2 N–H and O–H groups in total. The lowest BCUT2D eigenvalue weighted by molar-refractivity contribution is 0.397. The molecule has 2 rings (SSSR count). The number of rotatable bonds is 3. The highest BCUT2D eigenvalue weighted by atomic mass is 16.5. The average molecular weight is 217 g/mol. The van der Waals surface area contributed by atoms with Crippen molar-refractivity contribution >= 4 is 0 Å². The highest BCUT2D eigenvalue weighted by molar-refractivity contribution is 5.49.